The lowest BCUT2D eigenvalue weighted by Crippen LogP contribution is -2.02. The second-order valence-corrected chi connectivity index (χ2v) is 5.94. The van der Waals surface area contributed by atoms with E-state index in [9.17, 15) is 4.79 Å². The number of methoxy groups -OCH3 is 1. The van der Waals surface area contributed by atoms with Crippen LogP contribution >= 0.6 is 34.3 Å². The van der Waals surface area contributed by atoms with Gasteiger partial charge in [0.25, 0.3) is 0 Å². The van der Waals surface area contributed by atoms with E-state index < -0.39 is 5.97 Å². The van der Waals surface area contributed by atoms with E-state index in [-0.39, 0.29) is 0 Å². The van der Waals surface area contributed by atoms with Crippen molar-refractivity contribution < 1.29 is 9.53 Å². The lowest BCUT2D eigenvalue weighted by Gasteiger charge is -1.93. The number of aromatic nitrogens is 1. The van der Waals surface area contributed by atoms with Gasteiger partial charge in [0.1, 0.15) is 5.01 Å². The second-order valence-electron chi connectivity index (χ2n) is 3.02. The molecule has 2 heterocycles. The van der Waals surface area contributed by atoms with E-state index in [0.717, 1.165) is 14.8 Å². The number of halogens is 1. The van der Waals surface area contributed by atoms with Gasteiger partial charge in [-0.1, -0.05) is 11.6 Å². The minimum absolute atomic E-state index is 0.382. The third-order valence-corrected chi connectivity index (χ3v) is 4.33. The standard InChI is InChI=1S/C10H8ClNO2S2/c1-5-8(10(13)14-2)12-9(15-5)6-3-4-7(11)16-6/h3-4H,1-2H3. The molecule has 0 aliphatic carbocycles. The summed E-state index contributed by atoms with van der Waals surface area (Å²) in [5, 5.41) is 0.801. The molecule has 0 saturated carbocycles. The summed E-state index contributed by atoms with van der Waals surface area (Å²) < 4.78 is 5.36. The van der Waals surface area contributed by atoms with Crippen LogP contribution in [0.2, 0.25) is 4.34 Å². The predicted octanol–water partition coefficient (Wildman–Crippen LogP) is 3.62. The number of nitrogens with zero attached hydrogens (tertiary/aromatic N) is 1. The monoisotopic (exact) mass is 273 g/mol. The van der Waals surface area contributed by atoms with Crippen molar-refractivity contribution in [3.8, 4) is 9.88 Å². The maximum atomic E-state index is 11.4. The van der Waals surface area contributed by atoms with Crippen molar-refractivity contribution in [2.75, 3.05) is 7.11 Å². The topological polar surface area (TPSA) is 39.2 Å². The molecule has 0 aliphatic rings. The largest absolute Gasteiger partial charge is 0.464 e. The van der Waals surface area contributed by atoms with E-state index in [1.54, 1.807) is 0 Å². The van der Waals surface area contributed by atoms with E-state index in [0.29, 0.717) is 10.0 Å². The summed E-state index contributed by atoms with van der Waals surface area (Å²) >= 11 is 8.76. The van der Waals surface area contributed by atoms with E-state index in [1.807, 2.05) is 19.1 Å². The lowest BCUT2D eigenvalue weighted by atomic mass is 10.4. The number of aryl methyl sites for hydroxylation is 1. The molecule has 3 nitrogen and oxygen atoms in total. The molecule has 2 aromatic heterocycles. The SMILES string of the molecule is COC(=O)c1nc(-c2ccc(Cl)s2)sc1C. The highest BCUT2D eigenvalue weighted by molar-refractivity contribution is 7.23. The molecular weight excluding hydrogens is 266 g/mol. The van der Waals surface area contributed by atoms with E-state index in [1.165, 1.54) is 29.8 Å². The number of thiophene rings is 1. The highest BCUT2D eigenvalue weighted by Crippen LogP contribution is 2.34. The second kappa shape index (κ2) is 4.53. The number of esters is 1. The third kappa shape index (κ3) is 2.11. The van der Waals surface area contributed by atoms with Crippen molar-refractivity contribution in [2.45, 2.75) is 6.92 Å². The van der Waals surface area contributed by atoms with Crippen LogP contribution in [-0.2, 0) is 4.74 Å². The van der Waals surface area contributed by atoms with Crippen LogP contribution in [0, 0.1) is 6.92 Å². The Labute approximate surface area is 106 Å². The van der Waals surface area contributed by atoms with Crippen molar-refractivity contribution >= 4 is 40.2 Å². The number of hydrogen-bond acceptors (Lipinski definition) is 5. The van der Waals surface area contributed by atoms with E-state index >= 15 is 0 Å². The van der Waals surface area contributed by atoms with Crippen LogP contribution in [-0.4, -0.2) is 18.1 Å². The highest BCUT2D eigenvalue weighted by atomic mass is 35.5. The Morgan fingerprint density at radius 1 is 1.44 bits per heavy atom. The van der Waals surface area contributed by atoms with Crippen LogP contribution in [0.3, 0.4) is 0 Å². The summed E-state index contributed by atoms with van der Waals surface area (Å²) in [7, 11) is 1.35. The van der Waals surface area contributed by atoms with Crippen molar-refractivity contribution in [3.05, 3.63) is 27.0 Å². The number of carbonyl (C=O) groups excluding carboxylic acids is 1. The van der Waals surface area contributed by atoms with Crippen LogP contribution in [0.1, 0.15) is 15.4 Å². The summed E-state index contributed by atoms with van der Waals surface area (Å²) in [6.07, 6.45) is 0. The fourth-order valence-corrected chi connectivity index (χ4v) is 3.22. The zero-order valence-electron chi connectivity index (χ0n) is 8.61. The Kier molecular flexibility index (Phi) is 3.28. The Morgan fingerprint density at radius 3 is 2.75 bits per heavy atom. The van der Waals surface area contributed by atoms with Crippen molar-refractivity contribution in [2.24, 2.45) is 0 Å². The molecule has 6 heteroatoms. The average Bonchev–Trinajstić information content (AvgIpc) is 2.83. The minimum Gasteiger partial charge on any atom is -0.464 e. The zero-order valence-corrected chi connectivity index (χ0v) is 11.0. The highest BCUT2D eigenvalue weighted by Gasteiger charge is 2.17. The average molecular weight is 274 g/mol. The van der Waals surface area contributed by atoms with Crippen LogP contribution < -0.4 is 0 Å². The first kappa shape index (κ1) is 11.6. The summed E-state index contributed by atoms with van der Waals surface area (Å²) in [5.41, 5.74) is 0.382. The quantitative estimate of drug-likeness (QED) is 0.785. The summed E-state index contributed by atoms with van der Waals surface area (Å²) in [4.78, 5) is 17.5. The van der Waals surface area contributed by atoms with Crippen molar-refractivity contribution in [1.82, 2.24) is 4.98 Å². The Hall–Kier alpha value is -0.910. The number of hydrogen-bond donors (Lipinski definition) is 0. The Morgan fingerprint density at radius 2 is 2.19 bits per heavy atom. The molecule has 0 radical (unpaired) electrons. The zero-order chi connectivity index (χ0) is 11.7. The summed E-state index contributed by atoms with van der Waals surface area (Å²) in [6, 6.07) is 3.71. The fraction of sp³-hybridized carbons (Fsp3) is 0.200. The molecule has 84 valence electrons. The molecule has 0 fully saturated rings. The minimum atomic E-state index is -0.400. The predicted molar refractivity (Wildman–Crippen MR) is 66.5 cm³/mol. The molecule has 16 heavy (non-hydrogen) atoms. The van der Waals surface area contributed by atoms with Crippen LogP contribution in [0.4, 0.5) is 0 Å². The van der Waals surface area contributed by atoms with E-state index in [4.69, 9.17) is 11.6 Å². The fourth-order valence-electron chi connectivity index (χ4n) is 1.22. The molecule has 0 N–H and O–H groups in total. The van der Waals surface area contributed by atoms with Gasteiger partial charge in [-0.3, -0.25) is 0 Å². The maximum absolute atomic E-state index is 11.4. The van der Waals surface area contributed by atoms with Gasteiger partial charge in [-0.05, 0) is 19.1 Å². The van der Waals surface area contributed by atoms with Gasteiger partial charge in [0.05, 0.1) is 16.3 Å². The van der Waals surface area contributed by atoms with Crippen LogP contribution in [0.25, 0.3) is 9.88 Å². The maximum Gasteiger partial charge on any atom is 0.357 e. The molecule has 0 unspecified atom stereocenters. The number of thiazole rings is 1. The molecule has 0 aromatic carbocycles. The molecule has 0 spiro atoms. The Balaban J connectivity index is 2.41. The van der Waals surface area contributed by atoms with Crippen LogP contribution in [0.15, 0.2) is 12.1 Å². The van der Waals surface area contributed by atoms with Gasteiger partial charge < -0.3 is 4.74 Å². The number of rotatable bonds is 2. The number of ether oxygens (including phenoxy) is 1. The van der Waals surface area contributed by atoms with Gasteiger partial charge in [0, 0.05) is 4.88 Å². The smallest absolute Gasteiger partial charge is 0.357 e. The van der Waals surface area contributed by atoms with Gasteiger partial charge in [-0.25, -0.2) is 9.78 Å². The van der Waals surface area contributed by atoms with Gasteiger partial charge >= 0.3 is 5.97 Å². The first-order valence-electron chi connectivity index (χ1n) is 4.43. The first-order valence-corrected chi connectivity index (χ1v) is 6.44. The van der Waals surface area contributed by atoms with Gasteiger partial charge in [-0.2, -0.15) is 0 Å². The number of carbonyl (C=O) groups is 1. The van der Waals surface area contributed by atoms with Crippen molar-refractivity contribution in [3.63, 3.8) is 0 Å². The molecule has 0 saturated heterocycles. The first-order chi connectivity index (χ1) is 7.61. The van der Waals surface area contributed by atoms with Crippen LogP contribution in [0.5, 0.6) is 0 Å². The molecule has 0 bridgehead atoms. The molecular formula is C10H8ClNO2S2. The third-order valence-electron chi connectivity index (χ3n) is 1.96. The van der Waals surface area contributed by atoms with Gasteiger partial charge in [-0.15, -0.1) is 22.7 Å². The summed E-state index contributed by atoms with van der Waals surface area (Å²) in [5.74, 6) is -0.400. The Bertz CT molecular complexity index is 533. The summed E-state index contributed by atoms with van der Waals surface area (Å²) in [6.45, 7) is 1.85. The van der Waals surface area contributed by atoms with Gasteiger partial charge in [0.2, 0.25) is 0 Å². The molecule has 0 atom stereocenters. The van der Waals surface area contributed by atoms with E-state index in [2.05, 4.69) is 9.72 Å². The normalized spacial score (nSPS) is 10.4. The van der Waals surface area contributed by atoms with Gasteiger partial charge in [0.15, 0.2) is 5.69 Å². The molecule has 2 rings (SSSR count). The lowest BCUT2D eigenvalue weighted by molar-refractivity contribution is 0.0594. The molecule has 0 amide bonds. The molecule has 2 aromatic rings. The van der Waals surface area contributed by atoms with Crippen molar-refractivity contribution in [1.29, 1.82) is 0 Å². The molecule has 0 aliphatic heterocycles.